The first kappa shape index (κ1) is 9.70. The number of nitriles is 1. The second-order valence-corrected chi connectivity index (χ2v) is 6.53. The Bertz CT molecular complexity index is 316. The molecule has 0 N–H and O–H groups in total. The summed E-state index contributed by atoms with van der Waals surface area (Å²) in [5.74, 6) is 4.01. The Morgan fingerprint density at radius 1 is 1.20 bits per heavy atom. The molecule has 3 aliphatic carbocycles. The molecule has 1 heteroatoms. The third-order valence-corrected chi connectivity index (χ3v) is 5.83. The van der Waals surface area contributed by atoms with Gasteiger partial charge in [0.15, 0.2) is 0 Å². The molecule has 0 aliphatic heterocycles. The second kappa shape index (κ2) is 3.00. The largest absolute Gasteiger partial charge is 0.198 e. The zero-order valence-corrected chi connectivity index (χ0v) is 9.87. The highest BCUT2D eigenvalue weighted by molar-refractivity contribution is 5.11. The zero-order chi connectivity index (χ0) is 10.6. The number of hydrogen-bond donors (Lipinski definition) is 0. The summed E-state index contributed by atoms with van der Waals surface area (Å²) in [5, 5.41) is 9.15. The van der Waals surface area contributed by atoms with Gasteiger partial charge in [0.1, 0.15) is 0 Å². The van der Waals surface area contributed by atoms with Gasteiger partial charge < -0.3 is 0 Å². The molecule has 0 aromatic carbocycles. The summed E-state index contributed by atoms with van der Waals surface area (Å²) in [6.07, 6.45) is 6.80. The molecule has 0 amide bonds. The lowest BCUT2D eigenvalue weighted by molar-refractivity contribution is 0.221. The molecule has 0 heterocycles. The third-order valence-electron chi connectivity index (χ3n) is 5.83. The van der Waals surface area contributed by atoms with Crippen LogP contribution in [-0.4, -0.2) is 0 Å². The lowest BCUT2D eigenvalue weighted by Gasteiger charge is -2.27. The lowest BCUT2D eigenvalue weighted by Crippen LogP contribution is -2.23. The van der Waals surface area contributed by atoms with Crippen LogP contribution in [0.25, 0.3) is 0 Å². The summed E-state index contributed by atoms with van der Waals surface area (Å²) in [6, 6.07) is 2.55. The fourth-order valence-corrected chi connectivity index (χ4v) is 4.88. The van der Waals surface area contributed by atoms with Gasteiger partial charge in [0.25, 0.3) is 0 Å². The van der Waals surface area contributed by atoms with Crippen LogP contribution in [0.2, 0.25) is 0 Å². The first-order chi connectivity index (χ1) is 7.17. The molecule has 1 nitrogen and oxygen atoms in total. The van der Waals surface area contributed by atoms with E-state index in [4.69, 9.17) is 5.26 Å². The molecule has 5 unspecified atom stereocenters. The predicted molar refractivity (Wildman–Crippen MR) is 59.9 cm³/mol. The molecule has 2 bridgehead atoms. The Kier molecular flexibility index (Phi) is 1.94. The highest BCUT2D eigenvalue weighted by Crippen LogP contribution is 2.65. The average Bonchev–Trinajstić information content (AvgIpc) is 2.85. The Morgan fingerprint density at radius 3 is 2.60 bits per heavy atom. The van der Waals surface area contributed by atoms with Crippen LogP contribution in [0, 0.1) is 46.3 Å². The number of nitrogens with zero attached hydrogens (tertiary/aromatic N) is 1. The lowest BCUT2D eigenvalue weighted by atomic mass is 9.76. The molecular formula is C14H21N. The maximum Gasteiger partial charge on any atom is 0.0658 e. The minimum atomic E-state index is 0.412. The minimum Gasteiger partial charge on any atom is -0.198 e. The van der Waals surface area contributed by atoms with Gasteiger partial charge in [-0.1, -0.05) is 20.3 Å². The highest BCUT2D eigenvalue weighted by atomic mass is 14.6. The molecule has 0 aromatic rings. The fourth-order valence-electron chi connectivity index (χ4n) is 4.88. The predicted octanol–water partition coefficient (Wildman–Crippen LogP) is 3.61. The summed E-state index contributed by atoms with van der Waals surface area (Å²) < 4.78 is 0. The molecule has 15 heavy (non-hydrogen) atoms. The molecule has 0 spiro atoms. The van der Waals surface area contributed by atoms with Crippen molar-refractivity contribution in [2.45, 2.75) is 46.0 Å². The SMILES string of the molecule is CCC1(C)CC2C3CC(C#N)[C@H](C3)C2C1. The summed E-state index contributed by atoms with van der Waals surface area (Å²) in [6.45, 7) is 4.80. The summed E-state index contributed by atoms with van der Waals surface area (Å²) in [5.41, 5.74) is 0.608. The van der Waals surface area contributed by atoms with Crippen LogP contribution in [-0.2, 0) is 0 Å². The van der Waals surface area contributed by atoms with Crippen molar-refractivity contribution in [3.8, 4) is 6.07 Å². The van der Waals surface area contributed by atoms with Crippen LogP contribution in [0.3, 0.4) is 0 Å². The van der Waals surface area contributed by atoms with Crippen LogP contribution in [0.1, 0.15) is 46.0 Å². The van der Waals surface area contributed by atoms with Crippen LogP contribution in [0.15, 0.2) is 0 Å². The molecule has 3 aliphatic rings. The molecule has 6 atom stereocenters. The van der Waals surface area contributed by atoms with Gasteiger partial charge in [0, 0.05) is 5.92 Å². The quantitative estimate of drug-likeness (QED) is 0.638. The first-order valence-electron chi connectivity index (χ1n) is 6.56. The highest BCUT2D eigenvalue weighted by Gasteiger charge is 2.58. The molecule has 0 radical (unpaired) electrons. The van der Waals surface area contributed by atoms with Gasteiger partial charge in [-0.2, -0.15) is 5.26 Å². The van der Waals surface area contributed by atoms with Crippen molar-refractivity contribution in [2.24, 2.45) is 35.0 Å². The molecular weight excluding hydrogens is 182 g/mol. The number of hydrogen-bond acceptors (Lipinski definition) is 1. The fraction of sp³-hybridized carbons (Fsp3) is 0.929. The van der Waals surface area contributed by atoms with Gasteiger partial charge in [-0.25, -0.2) is 0 Å². The monoisotopic (exact) mass is 203 g/mol. The van der Waals surface area contributed by atoms with Crippen molar-refractivity contribution in [3.05, 3.63) is 0 Å². The normalized spacial score (nSPS) is 56.7. The van der Waals surface area contributed by atoms with Gasteiger partial charge in [-0.15, -0.1) is 0 Å². The van der Waals surface area contributed by atoms with E-state index in [-0.39, 0.29) is 0 Å². The minimum absolute atomic E-state index is 0.412. The Labute approximate surface area is 92.9 Å². The van der Waals surface area contributed by atoms with E-state index < -0.39 is 0 Å². The number of fused-ring (bicyclic) bond motifs is 5. The molecule has 3 fully saturated rings. The summed E-state index contributed by atoms with van der Waals surface area (Å²) in [4.78, 5) is 0. The molecule has 3 saturated carbocycles. The smallest absolute Gasteiger partial charge is 0.0658 e. The van der Waals surface area contributed by atoms with Crippen molar-refractivity contribution in [1.29, 1.82) is 5.26 Å². The second-order valence-electron chi connectivity index (χ2n) is 6.53. The molecule has 0 aromatic heterocycles. The van der Waals surface area contributed by atoms with E-state index in [0.29, 0.717) is 11.3 Å². The van der Waals surface area contributed by atoms with Crippen molar-refractivity contribution < 1.29 is 0 Å². The summed E-state index contributed by atoms with van der Waals surface area (Å²) >= 11 is 0. The Morgan fingerprint density at radius 2 is 1.93 bits per heavy atom. The van der Waals surface area contributed by atoms with Gasteiger partial charge in [0.05, 0.1) is 6.07 Å². The maximum atomic E-state index is 9.15. The molecule has 82 valence electrons. The topological polar surface area (TPSA) is 23.8 Å². The van der Waals surface area contributed by atoms with Crippen molar-refractivity contribution in [1.82, 2.24) is 0 Å². The molecule has 0 saturated heterocycles. The van der Waals surface area contributed by atoms with Crippen molar-refractivity contribution in [2.75, 3.05) is 0 Å². The van der Waals surface area contributed by atoms with E-state index in [2.05, 4.69) is 19.9 Å². The van der Waals surface area contributed by atoms with E-state index in [9.17, 15) is 0 Å². The van der Waals surface area contributed by atoms with Crippen LogP contribution in [0.5, 0.6) is 0 Å². The van der Waals surface area contributed by atoms with Crippen LogP contribution >= 0.6 is 0 Å². The average molecular weight is 203 g/mol. The van der Waals surface area contributed by atoms with E-state index in [0.717, 1.165) is 23.7 Å². The van der Waals surface area contributed by atoms with Crippen LogP contribution < -0.4 is 0 Å². The Balaban J connectivity index is 1.83. The van der Waals surface area contributed by atoms with Crippen molar-refractivity contribution in [3.63, 3.8) is 0 Å². The van der Waals surface area contributed by atoms with Crippen molar-refractivity contribution >= 4 is 0 Å². The van der Waals surface area contributed by atoms with E-state index in [1.807, 2.05) is 0 Å². The molecule has 3 rings (SSSR count). The van der Waals surface area contributed by atoms with Gasteiger partial charge in [-0.3, -0.25) is 0 Å². The Hall–Kier alpha value is -0.510. The zero-order valence-electron chi connectivity index (χ0n) is 9.87. The van der Waals surface area contributed by atoms with E-state index in [1.54, 1.807) is 0 Å². The maximum absolute atomic E-state index is 9.15. The number of rotatable bonds is 1. The van der Waals surface area contributed by atoms with E-state index in [1.165, 1.54) is 32.1 Å². The van der Waals surface area contributed by atoms with Gasteiger partial charge in [0.2, 0.25) is 0 Å². The standard InChI is InChI=1S/C14H21N/c1-3-14(2)6-12-9-4-10(8-15)11(5-9)13(12)7-14/h9-13H,3-7H2,1-2H3/t9?,10?,11-,12?,13?,14?/m0/s1. The van der Waals surface area contributed by atoms with Gasteiger partial charge in [-0.05, 0) is 54.8 Å². The third kappa shape index (κ3) is 1.20. The summed E-state index contributed by atoms with van der Waals surface area (Å²) in [7, 11) is 0. The van der Waals surface area contributed by atoms with E-state index >= 15 is 0 Å². The van der Waals surface area contributed by atoms with Crippen LogP contribution in [0.4, 0.5) is 0 Å². The first-order valence-corrected chi connectivity index (χ1v) is 6.56. The van der Waals surface area contributed by atoms with Gasteiger partial charge >= 0.3 is 0 Å².